The molecular weight excluding hydrogens is 510 g/mol. The van der Waals surface area contributed by atoms with Gasteiger partial charge in [0, 0.05) is 16.5 Å². The van der Waals surface area contributed by atoms with Crippen molar-refractivity contribution in [2.45, 2.75) is 19.0 Å². The molecule has 196 valence electrons. The minimum atomic E-state index is -4.82. The molecule has 0 aliphatic carbocycles. The molecule has 5 aromatic carbocycles. The first-order valence-corrected chi connectivity index (χ1v) is 12.3. The molecular formula is C33H22F6. The molecule has 0 saturated carbocycles. The molecule has 0 unspecified atom stereocenters. The van der Waals surface area contributed by atoms with Crippen molar-refractivity contribution in [3.63, 3.8) is 0 Å². The third kappa shape index (κ3) is 5.19. The van der Waals surface area contributed by atoms with Crippen molar-refractivity contribution in [1.29, 1.82) is 0 Å². The van der Waals surface area contributed by atoms with E-state index in [1.54, 1.807) is 48.5 Å². The molecule has 0 atom stereocenters. The van der Waals surface area contributed by atoms with Gasteiger partial charge in [-0.1, -0.05) is 78.9 Å². The monoisotopic (exact) mass is 532 g/mol. The van der Waals surface area contributed by atoms with Crippen LogP contribution >= 0.6 is 0 Å². The molecule has 0 aromatic heterocycles. The van der Waals surface area contributed by atoms with E-state index in [4.69, 9.17) is 0 Å². The third-order valence-corrected chi connectivity index (χ3v) is 6.74. The van der Waals surface area contributed by atoms with Gasteiger partial charge < -0.3 is 0 Å². The molecule has 0 nitrogen and oxygen atoms in total. The van der Waals surface area contributed by atoms with Gasteiger partial charge in [0.25, 0.3) is 0 Å². The van der Waals surface area contributed by atoms with Crippen LogP contribution in [0.15, 0.2) is 104 Å². The number of aryl methyl sites for hydroxylation is 1. The van der Waals surface area contributed by atoms with Crippen LogP contribution < -0.4 is 0 Å². The van der Waals surface area contributed by atoms with Crippen LogP contribution in [-0.4, -0.2) is 0 Å². The number of hydrogen-bond donors (Lipinski definition) is 0. The maximum absolute atomic E-state index is 15.5. The van der Waals surface area contributed by atoms with E-state index in [1.165, 1.54) is 12.1 Å². The highest BCUT2D eigenvalue weighted by molar-refractivity contribution is 5.90. The summed E-state index contributed by atoms with van der Waals surface area (Å²) < 4.78 is 84.3. The fraction of sp³-hybridized carbons (Fsp3) is 0.0909. The van der Waals surface area contributed by atoms with Crippen LogP contribution in [0.25, 0.3) is 44.2 Å². The summed E-state index contributed by atoms with van der Waals surface area (Å²) in [6.45, 7) is 3.72. The molecule has 6 heteroatoms. The average molecular weight is 533 g/mol. The van der Waals surface area contributed by atoms with E-state index in [0.29, 0.717) is 28.1 Å². The summed E-state index contributed by atoms with van der Waals surface area (Å²) in [6.07, 6.45) is -1.38. The highest BCUT2D eigenvalue weighted by Crippen LogP contribution is 2.39. The number of fused-ring (bicyclic) bond motifs is 1. The number of hydrogen-bond acceptors (Lipinski definition) is 0. The van der Waals surface area contributed by atoms with Gasteiger partial charge in [0.05, 0.1) is 5.56 Å². The van der Waals surface area contributed by atoms with Crippen LogP contribution in [-0.2, 0) is 12.6 Å². The fourth-order valence-corrected chi connectivity index (χ4v) is 4.77. The summed E-state index contributed by atoms with van der Waals surface area (Å²) in [5.41, 5.74) is 1.33. The Balaban J connectivity index is 1.53. The van der Waals surface area contributed by atoms with Gasteiger partial charge in [-0.2, -0.15) is 13.2 Å². The van der Waals surface area contributed by atoms with Crippen molar-refractivity contribution in [3.8, 4) is 33.4 Å². The van der Waals surface area contributed by atoms with Crippen LogP contribution in [0.3, 0.4) is 0 Å². The van der Waals surface area contributed by atoms with Crippen LogP contribution in [0.1, 0.15) is 17.5 Å². The predicted octanol–water partition coefficient (Wildman–Crippen LogP) is 10.4. The number of allylic oxidation sites excluding steroid dienone is 1. The Hall–Kier alpha value is -4.32. The summed E-state index contributed by atoms with van der Waals surface area (Å²) in [6, 6.07) is 22.3. The number of alkyl halides is 3. The number of rotatable bonds is 6. The van der Waals surface area contributed by atoms with E-state index >= 15 is 8.78 Å². The number of benzene rings is 5. The van der Waals surface area contributed by atoms with Crippen LogP contribution in [0.4, 0.5) is 26.3 Å². The Bertz CT molecular complexity index is 1700. The molecule has 5 aromatic rings. The summed E-state index contributed by atoms with van der Waals surface area (Å²) >= 11 is 0. The van der Waals surface area contributed by atoms with Gasteiger partial charge in [-0.3, -0.25) is 0 Å². The smallest absolute Gasteiger partial charge is 0.206 e. The van der Waals surface area contributed by atoms with Crippen molar-refractivity contribution >= 4 is 10.8 Å². The standard InChI is InChI=1S/C33H22F6/c1-2-3-6-20-9-13-25-21(17-20)10-14-26(32(25)36)23-11-15-28(30(34)18-23)27-8-5-4-7-24(27)22-12-16-29(31(35)19-22)33(37,38)39/h2,4-5,7-19H,1,3,6H2. The van der Waals surface area contributed by atoms with Gasteiger partial charge in [-0.25, -0.2) is 13.2 Å². The molecule has 39 heavy (non-hydrogen) atoms. The van der Waals surface area contributed by atoms with E-state index in [0.717, 1.165) is 35.9 Å². The molecule has 0 aliphatic heterocycles. The van der Waals surface area contributed by atoms with E-state index in [9.17, 15) is 17.6 Å². The van der Waals surface area contributed by atoms with Crippen molar-refractivity contribution in [2.24, 2.45) is 0 Å². The van der Waals surface area contributed by atoms with Gasteiger partial charge in [0.15, 0.2) is 0 Å². The Kier molecular flexibility index (Phi) is 7.04. The third-order valence-electron chi connectivity index (χ3n) is 6.74. The SMILES string of the molecule is C=CCCc1ccc2c(F)c(-c3ccc(-c4ccccc4-c4ccc(C(F)(F)F)c(F)c4)c(F)c3)ccc2c1. The Morgan fingerprint density at radius 2 is 1.31 bits per heavy atom. The highest BCUT2D eigenvalue weighted by atomic mass is 19.4. The molecule has 0 N–H and O–H groups in total. The summed E-state index contributed by atoms with van der Waals surface area (Å²) in [5.74, 6) is -2.52. The first-order valence-electron chi connectivity index (χ1n) is 12.3. The quantitative estimate of drug-likeness (QED) is 0.151. The molecule has 0 radical (unpaired) electrons. The van der Waals surface area contributed by atoms with Crippen LogP contribution in [0.5, 0.6) is 0 Å². The van der Waals surface area contributed by atoms with Gasteiger partial charge >= 0.3 is 6.18 Å². The van der Waals surface area contributed by atoms with E-state index in [-0.39, 0.29) is 16.7 Å². The van der Waals surface area contributed by atoms with Crippen molar-refractivity contribution in [3.05, 3.63) is 132 Å². The zero-order chi connectivity index (χ0) is 27.7. The predicted molar refractivity (Wildman–Crippen MR) is 144 cm³/mol. The highest BCUT2D eigenvalue weighted by Gasteiger charge is 2.34. The zero-order valence-corrected chi connectivity index (χ0v) is 20.6. The van der Waals surface area contributed by atoms with Crippen molar-refractivity contribution in [1.82, 2.24) is 0 Å². The summed E-state index contributed by atoms with van der Waals surface area (Å²) in [7, 11) is 0. The van der Waals surface area contributed by atoms with Gasteiger partial charge in [-0.15, -0.1) is 6.58 Å². The summed E-state index contributed by atoms with van der Waals surface area (Å²) in [5, 5.41) is 1.17. The van der Waals surface area contributed by atoms with Crippen LogP contribution in [0.2, 0.25) is 0 Å². The Labute approximate surface area is 221 Å². The van der Waals surface area contributed by atoms with E-state index < -0.39 is 29.2 Å². The average Bonchev–Trinajstić information content (AvgIpc) is 2.91. The molecule has 0 heterocycles. The molecule has 0 fully saturated rings. The lowest BCUT2D eigenvalue weighted by Crippen LogP contribution is -2.07. The first kappa shape index (κ1) is 26.3. The van der Waals surface area contributed by atoms with Crippen molar-refractivity contribution in [2.75, 3.05) is 0 Å². The minimum Gasteiger partial charge on any atom is -0.206 e. The Morgan fingerprint density at radius 3 is 2.00 bits per heavy atom. The van der Waals surface area contributed by atoms with Crippen LogP contribution in [0, 0.1) is 17.5 Å². The lowest BCUT2D eigenvalue weighted by molar-refractivity contribution is -0.139. The Morgan fingerprint density at radius 1 is 0.641 bits per heavy atom. The second kappa shape index (κ2) is 10.4. The topological polar surface area (TPSA) is 0 Å². The van der Waals surface area contributed by atoms with Gasteiger partial charge in [0.2, 0.25) is 0 Å². The number of halogens is 6. The first-order chi connectivity index (χ1) is 18.7. The minimum absolute atomic E-state index is 0.155. The van der Waals surface area contributed by atoms with Crippen molar-refractivity contribution < 1.29 is 26.3 Å². The molecule has 0 saturated heterocycles. The molecule has 0 aliphatic rings. The van der Waals surface area contributed by atoms with Gasteiger partial charge in [-0.05, 0) is 64.2 Å². The molecule has 0 bridgehead atoms. The molecule has 5 rings (SSSR count). The molecule has 0 amide bonds. The fourth-order valence-electron chi connectivity index (χ4n) is 4.77. The molecule has 0 spiro atoms. The van der Waals surface area contributed by atoms with Gasteiger partial charge in [0.1, 0.15) is 17.5 Å². The maximum atomic E-state index is 15.5. The second-order valence-corrected chi connectivity index (χ2v) is 9.24. The second-order valence-electron chi connectivity index (χ2n) is 9.24. The lowest BCUT2D eigenvalue weighted by atomic mass is 9.92. The maximum Gasteiger partial charge on any atom is 0.419 e. The van der Waals surface area contributed by atoms with E-state index in [1.807, 2.05) is 18.2 Å². The zero-order valence-electron chi connectivity index (χ0n) is 20.6. The lowest BCUT2D eigenvalue weighted by Gasteiger charge is -2.14. The van der Waals surface area contributed by atoms with E-state index in [2.05, 4.69) is 6.58 Å². The normalized spacial score (nSPS) is 11.6. The summed E-state index contributed by atoms with van der Waals surface area (Å²) in [4.78, 5) is 0. The largest absolute Gasteiger partial charge is 0.419 e.